The highest BCUT2D eigenvalue weighted by molar-refractivity contribution is 5.16. The summed E-state index contributed by atoms with van der Waals surface area (Å²) in [5.41, 5.74) is 7.05. The van der Waals surface area contributed by atoms with Crippen molar-refractivity contribution in [2.45, 2.75) is 31.7 Å². The van der Waals surface area contributed by atoms with E-state index < -0.39 is 0 Å². The minimum absolute atomic E-state index is 0.152. The van der Waals surface area contributed by atoms with Crippen LogP contribution in [0.1, 0.15) is 24.8 Å². The highest BCUT2D eigenvalue weighted by Crippen LogP contribution is 2.22. The van der Waals surface area contributed by atoms with Crippen LogP contribution in [0.25, 0.3) is 0 Å². The molecule has 2 atom stereocenters. The molecule has 2 nitrogen and oxygen atoms in total. The Bertz CT molecular complexity index is 354. The average molecular weight is 236 g/mol. The van der Waals surface area contributed by atoms with Gasteiger partial charge in [0.2, 0.25) is 0 Å². The number of nitrogens with two attached hydrogens (primary N) is 1. The van der Waals surface area contributed by atoms with E-state index in [1.807, 2.05) is 6.07 Å². The molecule has 1 aliphatic carbocycles. The molecule has 0 spiro atoms. The number of halogens is 1. The Balaban J connectivity index is 1.66. The summed E-state index contributed by atoms with van der Waals surface area (Å²) in [6, 6.07) is 7.18. The number of benzene rings is 1. The summed E-state index contributed by atoms with van der Waals surface area (Å²) < 4.78 is 12.9. The fourth-order valence-electron chi connectivity index (χ4n) is 2.53. The SMILES string of the molecule is N[C@@H]1CCC[C@@H]1CNCCc1cccc(F)c1. The van der Waals surface area contributed by atoms with Crippen molar-refractivity contribution in [1.29, 1.82) is 0 Å². The third-order valence-electron chi connectivity index (χ3n) is 3.60. The minimum atomic E-state index is -0.152. The minimum Gasteiger partial charge on any atom is -0.327 e. The number of hydrogen-bond acceptors (Lipinski definition) is 2. The third kappa shape index (κ3) is 3.79. The van der Waals surface area contributed by atoms with Crippen LogP contribution in [0, 0.1) is 11.7 Å². The summed E-state index contributed by atoms with van der Waals surface area (Å²) >= 11 is 0. The zero-order chi connectivity index (χ0) is 12.1. The molecular formula is C14H21FN2. The molecule has 0 aliphatic heterocycles. The second kappa shape index (κ2) is 6.12. The van der Waals surface area contributed by atoms with E-state index in [0.29, 0.717) is 12.0 Å². The first kappa shape index (κ1) is 12.5. The van der Waals surface area contributed by atoms with Crippen molar-refractivity contribution in [3.05, 3.63) is 35.6 Å². The lowest BCUT2D eigenvalue weighted by Crippen LogP contribution is -2.33. The van der Waals surface area contributed by atoms with Crippen LogP contribution in [-0.2, 0) is 6.42 Å². The summed E-state index contributed by atoms with van der Waals surface area (Å²) in [6.45, 7) is 1.89. The van der Waals surface area contributed by atoms with Crippen molar-refractivity contribution >= 4 is 0 Å². The smallest absolute Gasteiger partial charge is 0.123 e. The number of hydrogen-bond donors (Lipinski definition) is 2. The molecule has 17 heavy (non-hydrogen) atoms. The van der Waals surface area contributed by atoms with Gasteiger partial charge in [0.15, 0.2) is 0 Å². The van der Waals surface area contributed by atoms with Gasteiger partial charge in [-0.2, -0.15) is 0 Å². The topological polar surface area (TPSA) is 38.0 Å². The molecule has 1 aromatic rings. The van der Waals surface area contributed by atoms with Crippen molar-refractivity contribution in [2.75, 3.05) is 13.1 Å². The molecule has 1 fully saturated rings. The average Bonchev–Trinajstić information content (AvgIpc) is 2.71. The Hall–Kier alpha value is -0.930. The zero-order valence-corrected chi connectivity index (χ0v) is 10.2. The number of nitrogens with one attached hydrogen (secondary N) is 1. The normalized spacial score (nSPS) is 24.1. The van der Waals surface area contributed by atoms with E-state index >= 15 is 0 Å². The van der Waals surface area contributed by atoms with Gasteiger partial charge in [0, 0.05) is 6.04 Å². The van der Waals surface area contributed by atoms with E-state index in [4.69, 9.17) is 5.73 Å². The van der Waals surface area contributed by atoms with Gasteiger partial charge < -0.3 is 11.1 Å². The monoisotopic (exact) mass is 236 g/mol. The molecule has 0 saturated heterocycles. The van der Waals surface area contributed by atoms with Crippen molar-refractivity contribution < 1.29 is 4.39 Å². The van der Waals surface area contributed by atoms with Crippen LogP contribution >= 0.6 is 0 Å². The number of rotatable bonds is 5. The lowest BCUT2D eigenvalue weighted by atomic mass is 10.0. The van der Waals surface area contributed by atoms with Crippen molar-refractivity contribution in [2.24, 2.45) is 11.7 Å². The molecule has 0 radical (unpaired) electrons. The molecule has 0 amide bonds. The Morgan fingerprint density at radius 1 is 1.35 bits per heavy atom. The Morgan fingerprint density at radius 3 is 2.94 bits per heavy atom. The molecule has 0 aromatic heterocycles. The maximum absolute atomic E-state index is 12.9. The molecule has 1 saturated carbocycles. The summed E-state index contributed by atoms with van der Waals surface area (Å²) in [7, 11) is 0. The predicted molar refractivity (Wildman–Crippen MR) is 68.3 cm³/mol. The van der Waals surface area contributed by atoms with Crippen LogP contribution in [-0.4, -0.2) is 19.1 Å². The summed E-state index contributed by atoms with van der Waals surface area (Å²) in [5.74, 6) is 0.475. The summed E-state index contributed by atoms with van der Waals surface area (Å²) in [6.07, 6.45) is 4.54. The van der Waals surface area contributed by atoms with Gasteiger partial charge in [0.05, 0.1) is 0 Å². The van der Waals surface area contributed by atoms with E-state index in [1.165, 1.54) is 18.9 Å². The second-order valence-corrected chi connectivity index (χ2v) is 4.94. The largest absolute Gasteiger partial charge is 0.327 e. The molecule has 3 heteroatoms. The molecule has 2 rings (SSSR count). The standard InChI is InChI=1S/C14H21FN2/c15-13-5-1-3-11(9-13)7-8-17-10-12-4-2-6-14(12)16/h1,3,5,9,12,14,17H,2,4,6-8,10,16H2/t12-,14-/m1/s1. The van der Waals surface area contributed by atoms with Gasteiger partial charge in [0.1, 0.15) is 5.82 Å². The summed E-state index contributed by atoms with van der Waals surface area (Å²) in [5, 5.41) is 3.42. The van der Waals surface area contributed by atoms with Crippen LogP contribution in [0.4, 0.5) is 4.39 Å². The van der Waals surface area contributed by atoms with Crippen LogP contribution < -0.4 is 11.1 Å². The van der Waals surface area contributed by atoms with Crippen LogP contribution in [0.2, 0.25) is 0 Å². The molecular weight excluding hydrogens is 215 g/mol. The summed E-state index contributed by atoms with van der Waals surface area (Å²) in [4.78, 5) is 0. The molecule has 3 N–H and O–H groups in total. The molecule has 0 unspecified atom stereocenters. The van der Waals surface area contributed by atoms with Crippen LogP contribution in [0.15, 0.2) is 24.3 Å². The molecule has 0 bridgehead atoms. The molecule has 0 heterocycles. The maximum atomic E-state index is 12.9. The zero-order valence-electron chi connectivity index (χ0n) is 10.2. The Kier molecular flexibility index (Phi) is 4.51. The highest BCUT2D eigenvalue weighted by atomic mass is 19.1. The second-order valence-electron chi connectivity index (χ2n) is 4.94. The molecule has 94 valence electrons. The predicted octanol–water partition coefficient (Wildman–Crippen LogP) is 2.09. The van der Waals surface area contributed by atoms with Gasteiger partial charge in [-0.15, -0.1) is 0 Å². The van der Waals surface area contributed by atoms with E-state index in [-0.39, 0.29) is 5.82 Å². The maximum Gasteiger partial charge on any atom is 0.123 e. The first-order valence-corrected chi connectivity index (χ1v) is 6.46. The van der Waals surface area contributed by atoms with Gasteiger partial charge in [-0.3, -0.25) is 0 Å². The van der Waals surface area contributed by atoms with Crippen LogP contribution in [0.5, 0.6) is 0 Å². The van der Waals surface area contributed by atoms with E-state index in [1.54, 1.807) is 12.1 Å². The van der Waals surface area contributed by atoms with E-state index in [9.17, 15) is 4.39 Å². The lowest BCUT2D eigenvalue weighted by Gasteiger charge is -2.15. The quantitative estimate of drug-likeness (QED) is 0.768. The van der Waals surface area contributed by atoms with Gasteiger partial charge in [-0.05, 0) is 56.0 Å². The molecule has 1 aliphatic rings. The fraction of sp³-hybridized carbons (Fsp3) is 0.571. The van der Waals surface area contributed by atoms with Crippen molar-refractivity contribution in [3.63, 3.8) is 0 Å². The van der Waals surface area contributed by atoms with Crippen molar-refractivity contribution in [3.8, 4) is 0 Å². The highest BCUT2D eigenvalue weighted by Gasteiger charge is 2.22. The van der Waals surface area contributed by atoms with Gasteiger partial charge in [-0.25, -0.2) is 4.39 Å². The van der Waals surface area contributed by atoms with Gasteiger partial charge >= 0.3 is 0 Å². The lowest BCUT2D eigenvalue weighted by molar-refractivity contribution is 0.444. The Labute approximate surface area is 102 Å². The molecule has 1 aromatic carbocycles. The Morgan fingerprint density at radius 2 is 2.24 bits per heavy atom. The first-order chi connectivity index (χ1) is 8.25. The van der Waals surface area contributed by atoms with Gasteiger partial charge in [-0.1, -0.05) is 18.6 Å². The van der Waals surface area contributed by atoms with Crippen molar-refractivity contribution in [1.82, 2.24) is 5.32 Å². The van der Waals surface area contributed by atoms with Gasteiger partial charge in [0.25, 0.3) is 0 Å². The van der Waals surface area contributed by atoms with Crippen LogP contribution in [0.3, 0.4) is 0 Å². The fourth-order valence-corrected chi connectivity index (χ4v) is 2.53. The first-order valence-electron chi connectivity index (χ1n) is 6.46. The van der Waals surface area contributed by atoms with E-state index in [0.717, 1.165) is 31.5 Å². The third-order valence-corrected chi connectivity index (χ3v) is 3.60. The van der Waals surface area contributed by atoms with E-state index in [2.05, 4.69) is 5.32 Å².